The summed E-state index contributed by atoms with van der Waals surface area (Å²) in [5.41, 5.74) is -0.426. The van der Waals surface area contributed by atoms with Crippen LogP contribution < -0.4 is 0 Å². The highest BCUT2D eigenvalue weighted by Crippen LogP contribution is 2.24. The zero-order chi connectivity index (χ0) is 12.9. The Morgan fingerprint density at radius 2 is 2.00 bits per heavy atom. The van der Waals surface area contributed by atoms with Crippen LogP contribution >= 0.6 is 0 Å². The second kappa shape index (κ2) is 5.41. The number of rotatable bonds is 5. The number of hydrogen-bond acceptors (Lipinski definition) is 5. The summed E-state index contributed by atoms with van der Waals surface area (Å²) >= 11 is 0. The Morgan fingerprint density at radius 3 is 2.59 bits per heavy atom. The minimum Gasteiger partial charge on any atom is -0.258 e. The van der Waals surface area contributed by atoms with Gasteiger partial charge in [-0.2, -0.15) is 5.26 Å². The first-order valence-electron chi connectivity index (χ1n) is 4.82. The van der Waals surface area contributed by atoms with Crippen LogP contribution in [0.1, 0.15) is 12.8 Å². The molecule has 0 unspecified atom stereocenters. The van der Waals surface area contributed by atoms with Crippen molar-refractivity contribution >= 4 is 15.5 Å². The minimum atomic E-state index is -3.70. The van der Waals surface area contributed by atoms with Gasteiger partial charge in [-0.1, -0.05) is 12.1 Å². The van der Waals surface area contributed by atoms with Crippen LogP contribution in [0.25, 0.3) is 0 Å². The van der Waals surface area contributed by atoms with E-state index in [2.05, 4.69) is 0 Å². The Bertz CT molecular complexity index is 560. The topological polar surface area (TPSA) is 101 Å². The second-order valence-electron chi connectivity index (χ2n) is 3.31. The van der Waals surface area contributed by atoms with E-state index in [0.29, 0.717) is 0 Å². The van der Waals surface area contributed by atoms with Gasteiger partial charge < -0.3 is 0 Å². The number of nitriles is 1. The molecule has 0 atom stereocenters. The molecule has 0 bridgehead atoms. The highest BCUT2D eigenvalue weighted by atomic mass is 32.2. The van der Waals surface area contributed by atoms with Gasteiger partial charge in [-0.05, 0) is 12.5 Å². The summed E-state index contributed by atoms with van der Waals surface area (Å²) in [4.78, 5) is 9.67. The predicted molar refractivity (Wildman–Crippen MR) is 60.0 cm³/mol. The van der Waals surface area contributed by atoms with Crippen molar-refractivity contribution in [2.24, 2.45) is 0 Å². The molecule has 1 rings (SSSR count). The van der Waals surface area contributed by atoms with Gasteiger partial charge in [-0.3, -0.25) is 10.1 Å². The molecule has 7 heteroatoms. The average Bonchev–Trinajstić information content (AvgIpc) is 2.29. The fraction of sp³-hybridized carbons (Fsp3) is 0.300. The van der Waals surface area contributed by atoms with Crippen molar-refractivity contribution in [3.05, 3.63) is 34.4 Å². The third-order valence-electron chi connectivity index (χ3n) is 2.10. The Morgan fingerprint density at radius 1 is 1.35 bits per heavy atom. The molecule has 0 radical (unpaired) electrons. The minimum absolute atomic E-state index is 0.111. The van der Waals surface area contributed by atoms with Crippen molar-refractivity contribution in [2.45, 2.75) is 17.7 Å². The maximum Gasteiger partial charge on any atom is 0.287 e. The Balaban J connectivity index is 3.07. The van der Waals surface area contributed by atoms with Crippen molar-refractivity contribution in [1.82, 2.24) is 0 Å². The molecule has 0 aliphatic heterocycles. The molecule has 0 saturated heterocycles. The van der Waals surface area contributed by atoms with Crippen LogP contribution in [-0.4, -0.2) is 19.1 Å². The maximum atomic E-state index is 11.8. The van der Waals surface area contributed by atoms with Crippen LogP contribution in [0, 0.1) is 21.4 Å². The molecule has 0 amide bonds. The Kier molecular flexibility index (Phi) is 4.17. The Labute approximate surface area is 98.6 Å². The third-order valence-corrected chi connectivity index (χ3v) is 3.94. The van der Waals surface area contributed by atoms with Gasteiger partial charge >= 0.3 is 0 Å². The quantitative estimate of drug-likeness (QED) is 0.452. The SMILES string of the molecule is N#CCCCS(=O)(=O)c1ccccc1[N+](=O)[O-]. The van der Waals surface area contributed by atoms with E-state index in [1.54, 1.807) is 0 Å². The summed E-state index contributed by atoms with van der Waals surface area (Å²) in [6.45, 7) is 0. The third kappa shape index (κ3) is 3.26. The van der Waals surface area contributed by atoms with E-state index in [1.807, 2.05) is 6.07 Å². The molecule has 17 heavy (non-hydrogen) atoms. The Hall–Kier alpha value is -1.94. The monoisotopic (exact) mass is 254 g/mol. The van der Waals surface area contributed by atoms with Crippen LogP contribution in [0.5, 0.6) is 0 Å². The molecule has 0 aliphatic rings. The molecule has 1 aromatic carbocycles. The second-order valence-corrected chi connectivity index (χ2v) is 5.38. The zero-order valence-corrected chi connectivity index (χ0v) is 9.68. The molecule has 1 aromatic rings. The molecule has 0 aromatic heterocycles. The van der Waals surface area contributed by atoms with Gasteiger partial charge in [0.25, 0.3) is 5.69 Å². The molecule has 0 saturated carbocycles. The van der Waals surface area contributed by atoms with E-state index in [9.17, 15) is 18.5 Å². The average molecular weight is 254 g/mol. The van der Waals surface area contributed by atoms with Gasteiger partial charge in [0.2, 0.25) is 0 Å². The number of nitro benzene ring substituents is 1. The fourth-order valence-corrected chi connectivity index (χ4v) is 2.81. The zero-order valence-electron chi connectivity index (χ0n) is 8.87. The first-order chi connectivity index (χ1) is 7.99. The van der Waals surface area contributed by atoms with Crippen LogP contribution in [0.2, 0.25) is 0 Å². The normalized spacial score (nSPS) is 10.8. The van der Waals surface area contributed by atoms with E-state index in [0.717, 1.165) is 6.07 Å². The van der Waals surface area contributed by atoms with E-state index in [-0.39, 0.29) is 23.5 Å². The van der Waals surface area contributed by atoms with Crippen LogP contribution in [-0.2, 0) is 9.84 Å². The van der Waals surface area contributed by atoms with Crippen molar-refractivity contribution in [3.63, 3.8) is 0 Å². The summed E-state index contributed by atoms with van der Waals surface area (Å²) in [6.07, 6.45) is 0.282. The van der Waals surface area contributed by atoms with Gasteiger partial charge in [0.1, 0.15) is 4.90 Å². The van der Waals surface area contributed by atoms with Crippen LogP contribution in [0.15, 0.2) is 29.2 Å². The lowest BCUT2D eigenvalue weighted by Crippen LogP contribution is -2.09. The van der Waals surface area contributed by atoms with Crippen LogP contribution in [0.3, 0.4) is 0 Å². The lowest BCUT2D eigenvalue weighted by Gasteiger charge is -2.03. The lowest BCUT2D eigenvalue weighted by molar-refractivity contribution is -0.387. The number of benzene rings is 1. The molecule has 6 nitrogen and oxygen atoms in total. The first kappa shape index (κ1) is 13.1. The van der Waals surface area contributed by atoms with Gasteiger partial charge in [0, 0.05) is 12.5 Å². The standard InChI is InChI=1S/C10H10N2O4S/c11-7-3-4-8-17(15,16)10-6-2-1-5-9(10)12(13)14/h1-2,5-6H,3-4,8H2. The summed E-state index contributed by atoms with van der Waals surface area (Å²) < 4.78 is 23.6. The molecular formula is C10H10N2O4S. The predicted octanol–water partition coefficient (Wildman–Crippen LogP) is 1.67. The molecule has 90 valence electrons. The molecular weight excluding hydrogens is 244 g/mol. The largest absolute Gasteiger partial charge is 0.287 e. The van der Waals surface area contributed by atoms with Crippen molar-refractivity contribution < 1.29 is 13.3 Å². The summed E-state index contributed by atoms with van der Waals surface area (Å²) in [6, 6.07) is 7.03. The molecule has 0 heterocycles. The smallest absolute Gasteiger partial charge is 0.258 e. The van der Waals surface area contributed by atoms with Gasteiger partial charge in [-0.25, -0.2) is 8.42 Å². The summed E-state index contributed by atoms with van der Waals surface area (Å²) in [5, 5.41) is 19.0. The first-order valence-corrected chi connectivity index (χ1v) is 6.47. The van der Waals surface area contributed by atoms with Crippen molar-refractivity contribution in [2.75, 3.05) is 5.75 Å². The number of nitro groups is 1. The number of sulfone groups is 1. The van der Waals surface area contributed by atoms with Crippen LogP contribution in [0.4, 0.5) is 5.69 Å². The molecule has 0 fully saturated rings. The van der Waals surface area contributed by atoms with E-state index in [4.69, 9.17) is 5.26 Å². The lowest BCUT2D eigenvalue weighted by atomic mass is 10.3. The number of unbranched alkanes of at least 4 members (excludes halogenated alkanes) is 1. The van der Waals surface area contributed by atoms with E-state index < -0.39 is 20.4 Å². The molecule has 0 aliphatic carbocycles. The number of nitrogens with zero attached hydrogens (tertiary/aromatic N) is 2. The van der Waals surface area contributed by atoms with Gasteiger partial charge in [-0.15, -0.1) is 0 Å². The highest BCUT2D eigenvalue weighted by Gasteiger charge is 2.24. The summed E-state index contributed by atoms with van der Waals surface area (Å²) in [7, 11) is -3.70. The van der Waals surface area contributed by atoms with Gasteiger partial charge in [0.05, 0.1) is 16.7 Å². The maximum absolute atomic E-state index is 11.8. The molecule has 0 spiro atoms. The summed E-state index contributed by atoms with van der Waals surface area (Å²) in [5.74, 6) is -0.259. The molecule has 0 N–H and O–H groups in total. The van der Waals surface area contributed by atoms with Crippen molar-refractivity contribution in [3.8, 4) is 6.07 Å². The highest BCUT2D eigenvalue weighted by molar-refractivity contribution is 7.91. The fourth-order valence-electron chi connectivity index (χ4n) is 1.32. The van der Waals surface area contributed by atoms with Crippen molar-refractivity contribution in [1.29, 1.82) is 5.26 Å². The van der Waals surface area contributed by atoms with E-state index >= 15 is 0 Å². The number of para-hydroxylation sites is 1. The number of hydrogen-bond donors (Lipinski definition) is 0. The van der Waals surface area contributed by atoms with Gasteiger partial charge in [0.15, 0.2) is 9.84 Å². The van der Waals surface area contributed by atoms with E-state index in [1.165, 1.54) is 18.2 Å².